The highest BCUT2D eigenvalue weighted by Gasteiger charge is 2.01. The average molecular weight is 231 g/mol. The highest BCUT2D eigenvalue weighted by Crippen LogP contribution is 2.16. The zero-order valence-corrected chi connectivity index (χ0v) is 9.93. The Bertz CT molecular complexity index is 479. The second-order valence-electron chi connectivity index (χ2n) is 3.95. The lowest BCUT2D eigenvalue weighted by Crippen LogP contribution is -2.02. The van der Waals surface area contributed by atoms with Gasteiger partial charge in [0.25, 0.3) is 0 Å². The Kier molecular flexibility index (Phi) is 3.65. The highest BCUT2D eigenvalue weighted by atomic mass is 16.3. The maximum absolute atomic E-state index is 9.61. The third-order valence-corrected chi connectivity index (χ3v) is 2.54. The summed E-state index contributed by atoms with van der Waals surface area (Å²) < 4.78 is 1.91. The fraction of sp³-hybridized carbons (Fsp3) is 0.308. The summed E-state index contributed by atoms with van der Waals surface area (Å²) in [4.78, 5) is 0. The lowest BCUT2D eigenvalue weighted by molar-refractivity contribution is 0.469. The molecule has 90 valence electrons. The first-order valence-corrected chi connectivity index (χ1v) is 5.84. The maximum atomic E-state index is 9.61. The molecule has 0 atom stereocenters. The first-order valence-electron chi connectivity index (χ1n) is 5.84. The van der Waals surface area contributed by atoms with Crippen molar-refractivity contribution in [3.05, 3.63) is 42.1 Å². The maximum Gasteiger partial charge on any atom is 0.148 e. The van der Waals surface area contributed by atoms with Crippen LogP contribution in [0, 0.1) is 0 Å². The van der Waals surface area contributed by atoms with E-state index in [0.29, 0.717) is 12.3 Å². The standard InChI is InChI=1S/C13H17N3O/c1-2-8-16-9-7-13(15-16)14-10-11-5-3-4-6-12(11)17/h3-7,9,17H,2,8,10H2,1H3,(H,14,15). The van der Waals surface area contributed by atoms with Crippen LogP contribution in [-0.2, 0) is 13.1 Å². The fourth-order valence-electron chi connectivity index (χ4n) is 1.66. The number of benzene rings is 1. The van der Waals surface area contributed by atoms with Gasteiger partial charge in [0, 0.05) is 30.9 Å². The molecule has 2 aromatic rings. The Hall–Kier alpha value is -1.97. The predicted molar refractivity (Wildman–Crippen MR) is 68.0 cm³/mol. The van der Waals surface area contributed by atoms with Gasteiger partial charge in [0.15, 0.2) is 0 Å². The van der Waals surface area contributed by atoms with Crippen LogP contribution in [0.5, 0.6) is 5.75 Å². The summed E-state index contributed by atoms with van der Waals surface area (Å²) in [6, 6.07) is 9.24. The highest BCUT2D eigenvalue weighted by molar-refractivity contribution is 5.38. The molecule has 2 N–H and O–H groups in total. The van der Waals surface area contributed by atoms with Crippen LogP contribution in [0.4, 0.5) is 5.82 Å². The molecule has 0 aliphatic rings. The van der Waals surface area contributed by atoms with Crippen LogP contribution in [0.3, 0.4) is 0 Å². The van der Waals surface area contributed by atoms with Crippen molar-refractivity contribution in [3.63, 3.8) is 0 Å². The Morgan fingerprint density at radius 2 is 2.12 bits per heavy atom. The fourth-order valence-corrected chi connectivity index (χ4v) is 1.66. The van der Waals surface area contributed by atoms with E-state index in [9.17, 15) is 5.11 Å². The van der Waals surface area contributed by atoms with Crippen molar-refractivity contribution in [3.8, 4) is 5.75 Å². The molecule has 0 spiro atoms. The Morgan fingerprint density at radius 3 is 2.88 bits per heavy atom. The number of hydrogen-bond donors (Lipinski definition) is 2. The molecular weight excluding hydrogens is 214 g/mol. The first kappa shape index (κ1) is 11.5. The summed E-state index contributed by atoms with van der Waals surface area (Å²) in [5.74, 6) is 1.15. The zero-order valence-electron chi connectivity index (χ0n) is 9.93. The van der Waals surface area contributed by atoms with Gasteiger partial charge in [-0.2, -0.15) is 5.10 Å². The molecule has 4 heteroatoms. The quantitative estimate of drug-likeness (QED) is 0.831. The number of phenolic OH excluding ortho intramolecular Hbond substituents is 1. The second kappa shape index (κ2) is 5.39. The average Bonchev–Trinajstić information content (AvgIpc) is 2.76. The summed E-state index contributed by atoms with van der Waals surface area (Å²) in [5, 5.41) is 17.2. The minimum atomic E-state index is 0.313. The molecule has 0 unspecified atom stereocenters. The van der Waals surface area contributed by atoms with Gasteiger partial charge in [-0.1, -0.05) is 25.1 Å². The third-order valence-electron chi connectivity index (χ3n) is 2.54. The molecule has 0 saturated carbocycles. The number of anilines is 1. The van der Waals surface area contributed by atoms with Gasteiger partial charge in [0.2, 0.25) is 0 Å². The largest absolute Gasteiger partial charge is 0.508 e. The van der Waals surface area contributed by atoms with E-state index in [2.05, 4.69) is 17.3 Å². The summed E-state index contributed by atoms with van der Waals surface area (Å²) in [5.41, 5.74) is 0.873. The molecule has 0 aliphatic heterocycles. The Balaban J connectivity index is 1.95. The van der Waals surface area contributed by atoms with Gasteiger partial charge in [-0.05, 0) is 12.5 Å². The van der Waals surface area contributed by atoms with Crippen LogP contribution < -0.4 is 5.32 Å². The van der Waals surface area contributed by atoms with Crippen LogP contribution >= 0.6 is 0 Å². The van der Waals surface area contributed by atoms with Gasteiger partial charge < -0.3 is 10.4 Å². The van der Waals surface area contributed by atoms with Gasteiger partial charge >= 0.3 is 0 Å². The number of aryl methyl sites for hydroxylation is 1. The van der Waals surface area contributed by atoms with E-state index in [0.717, 1.165) is 24.3 Å². The van der Waals surface area contributed by atoms with E-state index < -0.39 is 0 Å². The van der Waals surface area contributed by atoms with Crippen molar-refractivity contribution < 1.29 is 5.11 Å². The van der Waals surface area contributed by atoms with E-state index in [4.69, 9.17) is 0 Å². The third kappa shape index (κ3) is 3.00. The molecule has 0 bridgehead atoms. The molecule has 0 fully saturated rings. The number of nitrogens with one attached hydrogen (secondary N) is 1. The van der Waals surface area contributed by atoms with Crippen LogP contribution in [0.15, 0.2) is 36.5 Å². The Labute approximate surface area is 101 Å². The van der Waals surface area contributed by atoms with E-state index >= 15 is 0 Å². The summed E-state index contributed by atoms with van der Waals surface area (Å²) in [6.45, 7) is 3.63. The van der Waals surface area contributed by atoms with E-state index in [1.54, 1.807) is 6.07 Å². The molecule has 1 aromatic heterocycles. The molecular formula is C13H17N3O. The normalized spacial score (nSPS) is 10.4. The molecule has 1 heterocycles. The summed E-state index contributed by atoms with van der Waals surface area (Å²) >= 11 is 0. The van der Waals surface area contributed by atoms with Gasteiger partial charge in [-0.25, -0.2) is 0 Å². The summed E-state index contributed by atoms with van der Waals surface area (Å²) in [7, 11) is 0. The molecule has 1 aromatic carbocycles. The predicted octanol–water partition coefficient (Wildman–Crippen LogP) is 2.61. The van der Waals surface area contributed by atoms with Crippen LogP contribution in [0.2, 0.25) is 0 Å². The van der Waals surface area contributed by atoms with Gasteiger partial charge in [0.05, 0.1) is 0 Å². The number of phenols is 1. The zero-order chi connectivity index (χ0) is 12.1. The summed E-state index contributed by atoms with van der Waals surface area (Å²) in [6.07, 6.45) is 3.03. The molecule has 0 aliphatic carbocycles. The minimum Gasteiger partial charge on any atom is -0.508 e. The van der Waals surface area contributed by atoms with E-state index in [-0.39, 0.29) is 0 Å². The lowest BCUT2D eigenvalue weighted by Gasteiger charge is -2.05. The van der Waals surface area contributed by atoms with Gasteiger partial charge in [-0.3, -0.25) is 4.68 Å². The Morgan fingerprint density at radius 1 is 1.29 bits per heavy atom. The van der Waals surface area contributed by atoms with Crippen LogP contribution in [0.25, 0.3) is 0 Å². The molecule has 0 saturated heterocycles. The minimum absolute atomic E-state index is 0.313. The van der Waals surface area contributed by atoms with E-state index in [1.165, 1.54) is 0 Å². The number of nitrogens with zero attached hydrogens (tertiary/aromatic N) is 2. The first-order chi connectivity index (χ1) is 8.29. The number of rotatable bonds is 5. The van der Waals surface area contributed by atoms with Crippen molar-refractivity contribution in [2.75, 3.05) is 5.32 Å². The van der Waals surface area contributed by atoms with Crippen LogP contribution in [0.1, 0.15) is 18.9 Å². The van der Waals surface area contributed by atoms with Crippen molar-refractivity contribution in [2.45, 2.75) is 26.4 Å². The number of aromatic nitrogens is 2. The lowest BCUT2D eigenvalue weighted by atomic mass is 10.2. The smallest absolute Gasteiger partial charge is 0.148 e. The van der Waals surface area contributed by atoms with Gasteiger partial charge in [-0.15, -0.1) is 0 Å². The second-order valence-corrected chi connectivity index (χ2v) is 3.95. The molecule has 4 nitrogen and oxygen atoms in total. The van der Waals surface area contributed by atoms with Crippen LogP contribution in [-0.4, -0.2) is 14.9 Å². The SMILES string of the molecule is CCCn1ccc(NCc2ccccc2O)n1. The monoisotopic (exact) mass is 231 g/mol. The van der Waals surface area contributed by atoms with Gasteiger partial charge in [0.1, 0.15) is 11.6 Å². The molecule has 0 radical (unpaired) electrons. The number of hydrogen-bond acceptors (Lipinski definition) is 3. The molecule has 0 amide bonds. The number of aromatic hydroxyl groups is 1. The molecule has 17 heavy (non-hydrogen) atoms. The molecule has 2 rings (SSSR count). The topological polar surface area (TPSA) is 50.1 Å². The van der Waals surface area contributed by atoms with Crippen molar-refractivity contribution in [1.82, 2.24) is 9.78 Å². The number of para-hydroxylation sites is 1. The van der Waals surface area contributed by atoms with Crippen molar-refractivity contribution >= 4 is 5.82 Å². The van der Waals surface area contributed by atoms with E-state index in [1.807, 2.05) is 35.1 Å². The van der Waals surface area contributed by atoms with Crippen molar-refractivity contribution in [2.24, 2.45) is 0 Å². The van der Waals surface area contributed by atoms with Crippen molar-refractivity contribution in [1.29, 1.82) is 0 Å².